The number of imidazole rings is 1. The van der Waals surface area contributed by atoms with Crippen molar-refractivity contribution >= 4 is 22.1 Å². The van der Waals surface area contributed by atoms with Crippen molar-refractivity contribution in [1.82, 2.24) is 9.71 Å². The smallest absolute Gasteiger partial charge is 0.354 e. The third kappa shape index (κ3) is 4.95. The molecule has 1 rings (SSSR count). The predicted octanol–water partition coefficient (Wildman–Crippen LogP) is -2.01. The Morgan fingerprint density at radius 3 is 2.65 bits per heavy atom. The summed E-state index contributed by atoms with van der Waals surface area (Å²) in [6.45, 7) is -0.0879. The summed E-state index contributed by atoms with van der Waals surface area (Å²) in [6.07, 6.45) is 2.72. The fraction of sp³-hybridized carbons (Fsp3) is 0.444. The average molecular weight is 307 g/mol. The number of esters is 1. The summed E-state index contributed by atoms with van der Waals surface area (Å²) in [4.78, 5) is 31.1. The minimum Gasteiger partial charge on any atom is -0.464 e. The van der Waals surface area contributed by atoms with Gasteiger partial charge in [-0.1, -0.05) is 0 Å². The monoisotopic (exact) mass is 307 g/mol. The van der Waals surface area contributed by atoms with Crippen LogP contribution >= 0.6 is 0 Å². The van der Waals surface area contributed by atoms with Gasteiger partial charge < -0.3 is 15.3 Å². The van der Waals surface area contributed by atoms with Crippen molar-refractivity contribution in [2.24, 2.45) is 5.73 Å². The number of nitrogens with two attached hydrogens (primary N) is 1. The molecule has 0 aliphatic heterocycles. The summed E-state index contributed by atoms with van der Waals surface area (Å²) in [5, 5.41) is -2.09. The van der Waals surface area contributed by atoms with Gasteiger partial charge in [0.15, 0.2) is 5.25 Å². The average Bonchev–Trinajstić information content (AvgIpc) is 2.84. The van der Waals surface area contributed by atoms with Crippen molar-refractivity contribution in [2.75, 3.05) is 13.2 Å². The van der Waals surface area contributed by atoms with Crippen LogP contribution in [0.5, 0.6) is 0 Å². The van der Waals surface area contributed by atoms with Gasteiger partial charge in [0.1, 0.15) is 12.9 Å². The van der Waals surface area contributed by atoms with E-state index in [-0.39, 0.29) is 13.2 Å². The molecule has 0 amide bonds. The second-order valence-corrected chi connectivity index (χ2v) is 5.15. The van der Waals surface area contributed by atoms with E-state index in [9.17, 15) is 18.0 Å². The van der Waals surface area contributed by atoms with E-state index < -0.39 is 33.7 Å². The third-order valence-corrected chi connectivity index (χ3v) is 3.11. The maximum absolute atomic E-state index is 11.6. The van der Waals surface area contributed by atoms with Gasteiger partial charge in [0.2, 0.25) is 0 Å². The van der Waals surface area contributed by atoms with Gasteiger partial charge in [-0.25, -0.2) is 9.78 Å². The van der Waals surface area contributed by atoms with E-state index in [1.165, 1.54) is 12.4 Å². The van der Waals surface area contributed by atoms with Crippen LogP contribution < -0.4 is 10.6 Å². The zero-order valence-corrected chi connectivity index (χ0v) is 11.0. The molecule has 0 saturated heterocycles. The molecule has 0 bridgehead atoms. The number of hydrogen-bond acceptors (Lipinski definition) is 8. The van der Waals surface area contributed by atoms with Crippen LogP contribution in [0.2, 0.25) is 0 Å². The first-order valence-corrected chi connectivity index (χ1v) is 6.87. The van der Waals surface area contributed by atoms with Gasteiger partial charge in [-0.3, -0.25) is 9.35 Å². The Labute approximate surface area is 114 Å². The maximum Gasteiger partial charge on any atom is 0.354 e. The molecule has 0 fully saturated rings. The Bertz CT molecular complexity index is 554. The Kier molecular flexibility index (Phi) is 5.61. The van der Waals surface area contributed by atoms with Gasteiger partial charge in [-0.2, -0.15) is 13.1 Å². The molecule has 0 saturated carbocycles. The topological polar surface area (TPSA) is 151 Å². The summed E-state index contributed by atoms with van der Waals surface area (Å²) >= 11 is 0. The molecule has 20 heavy (non-hydrogen) atoms. The molecule has 1 atom stereocenters. The molecule has 1 aromatic rings. The second-order valence-electron chi connectivity index (χ2n) is 3.55. The van der Waals surface area contributed by atoms with Crippen molar-refractivity contribution in [3.8, 4) is 0 Å². The van der Waals surface area contributed by atoms with Crippen LogP contribution in [-0.2, 0) is 24.4 Å². The molecule has 11 heteroatoms. The molecular weight excluding hydrogens is 294 g/mol. The van der Waals surface area contributed by atoms with Crippen LogP contribution in [-0.4, -0.2) is 53.0 Å². The van der Waals surface area contributed by atoms with Crippen LogP contribution in [0.1, 0.15) is 6.42 Å². The van der Waals surface area contributed by atoms with Crippen molar-refractivity contribution < 1.29 is 32.1 Å². The van der Waals surface area contributed by atoms with Crippen LogP contribution in [0.3, 0.4) is 0 Å². The SMILES string of the molecule is NCCOC(=O)CC(C(=O)On1ccnc1)S(=O)(=O)O. The van der Waals surface area contributed by atoms with Gasteiger partial charge in [0, 0.05) is 12.7 Å². The minimum absolute atomic E-state index is 0.0434. The number of nitrogens with zero attached hydrogens (tertiary/aromatic N) is 2. The van der Waals surface area contributed by atoms with E-state index in [4.69, 9.17) is 10.3 Å². The van der Waals surface area contributed by atoms with E-state index in [1.54, 1.807) is 0 Å². The molecule has 0 spiro atoms. The molecule has 0 aliphatic rings. The lowest BCUT2D eigenvalue weighted by molar-refractivity contribution is -0.150. The highest BCUT2D eigenvalue weighted by atomic mass is 32.2. The Hall–Kier alpha value is -1.98. The molecule has 10 nitrogen and oxygen atoms in total. The summed E-state index contributed by atoms with van der Waals surface area (Å²) < 4.78 is 36.5. The highest BCUT2D eigenvalue weighted by Gasteiger charge is 2.36. The van der Waals surface area contributed by atoms with Crippen molar-refractivity contribution in [1.29, 1.82) is 0 Å². The summed E-state index contributed by atoms with van der Waals surface area (Å²) in [7, 11) is -4.83. The highest BCUT2D eigenvalue weighted by molar-refractivity contribution is 7.87. The van der Waals surface area contributed by atoms with Crippen molar-refractivity contribution in [2.45, 2.75) is 11.7 Å². The van der Waals surface area contributed by atoms with Crippen LogP contribution in [0.25, 0.3) is 0 Å². The van der Waals surface area contributed by atoms with E-state index >= 15 is 0 Å². The van der Waals surface area contributed by atoms with E-state index in [0.717, 1.165) is 11.1 Å². The first-order valence-electron chi connectivity index (χ1n) is 5.36. The van der Waals surface area contributed by atoms with Gasteiger partial charge >= 0.3 is 11.9 Å². The standard InChI is InChI=1S/C9H13N3O7S/c10-1-4-18-8(13)5-7(20(15,16)17)9(14)19-12-3-2-11-6-12/h2-3,6-7H,1,4-5,10H2,(H,15,16,17). The van der Waals surface area contributed by atoms with Gasteiger partial charge in [-0.05, 0) is 0 Å². The summed E-state index contributed by atoms with van der Waals surface area (Å²) in [5.41, 5.74) is 5.10. The predicted molar refractivity (Wildman–Crippen MR) is 63.8 cm³/mol. The maximum atomic E-state index is 11.6. The number of hydrogen-bond donors (Lipinski definition) is 2. The number of carbonyl (C=O) groups is 2. The molecule has 0 radical (unpaired) electrons. The van der Waals surface area contributed by atoms with Crippen LogP contribution in [0, 0.1) is 0 Å². The van der Waals surface area contributed by atoms with Gasteiger partial charge in [0.25, 0.3) is 10.1 Å². The Morgan fingerprint density at radius 1 is 1.45 bits per heavy atom. The zero-order chi connectivity index (χ0) is 15.2. The van der Waals surface area contributed by atoms with Crippen molar-refractivity contribution in [3.63, 3.8) is 0 Å². The number of ether oxygens (including phenoxy) is 1. The molecule has 1 heterocycles. The fourth-order valence-corrected chi connectivity index (χ4v) is 1.79. The zero-order valence-electron chi connectivity index (χ0n) is 10.2. The molecule has 0 aromatic carbocycles. The number of aromatic nitrogens is 2. The van der Waals surface area contributed by atoms with Crippen LogP contribution in [0.15, 0.2) is 18.7 Å². The van der Waals surface area contributed by atoms with Crippen molar-refractivity contribution in [3.05, 3.63) is 18.7 Å². The third-order valence-electron chi connectivity index (χ3n) is 2.03. The quantitative estimate of drug-likeness (QED) is 0.430. The lowest BCUT2D eigenvalue weighted by atomic mass is 10.3. The summed E-state index contributed by atoms with van der Waals surface area (Å²) in [5.74, 6) is -2.34. The normalized spacial score (nSPS) is 12.7. The molecule has 112 valence electrons. The molecule has 3 N–H and O–H groups in total. The molecule has 1 aromatic heterocycles. The van der Waals surface area contributed by atoms with Crippen LogP contribution in [0.4, 0.5) is 0 Å². The lowest BCUT2D eigenvalue weighted by Gasteiger charge is -2.12. The summed E-state index contributed by atoms with van der Waals surface area (Å²) in [6, 6.07) is 0. The van der Waals surface area contributed by atoms with E-state index in [2.05, 4.69) is 14.6 Å². The fourth-order valence-electron chi connectivity index (χ4n) is 1.16. The second kappa shape index (κ2) is 6.98. The molecule has 1 unspecified atom stereocenters. The first kappa shape index (κ1) is 16.1. The van der Waals surface area contributed by atoms with E-state index in [1.807, 2.05) is 0 Å². The Balaban J connectivity index is 2.74. The molecule has 0 aliphatic carbocycles. The largest absolute Gasteiger partial charge is 0.464 e. The molecular formula is C9H13N3O7S. The van der Waals surface area contributed by atoms with E-state index in [0.29, 0.717) is 0 Å². The minimum atomic E-state index is -4.83. The highest BCUT2D eigenvalue weighted by Crippen LogP contribution is 2.07. The Morgan fingerprint density at radius 2 is 2.15 bits per heavy atom. The van der Waals surface area contributed by atoms with Gasteiger partial charge in [-0.15, -0.1) is 0 Å². The van der Waals surface area contributed by atoms with Gasteiger partial charge in [0.05, 0.1) is 12.6 Å². The number of carbonyl (C=O) groups excluding carboxylic acids is 2. The first-order chi connectivity index (χ1) is 9.34. The lowest BCUT2D eigenvalue weighted by Crippen LogP contribution is -2.38. The number of rotatable bonds is 7.